The van der Waals surface area contributed by atoms with Gasteiger partial charge in [-0.25, -0.2) is 0 Å². The minimum atomic E-state index is -0.710. The first-order valence-corrected chi connectivity index (χ1v) is 12.4. The van der Waals surface area contributed by atoms with Gasteiger partial charge < -0.3 is 19.5 Å². The Hall–Kier alpha value is -2.87. The molecule has 4 rings (SSSR count). The Kier molecular flexibility index (Phi) is 8.44. The van der Waals surface area contributed by atoms with E-state index in [1.54, 1.807) is 47.4 Å². The summed E-state index contributed by atoms with van der Waals surface area (Å²) in [6.07, 6.45) is 1.93. The average molecular weight is 499 g/mol. The number of ether oxygens (including phenoxy) is 2. The molecule has 2 aliphatic rings. The highest BCUT2D eigenvalue weighted by Gasteiger charge is 2.46. The quantitative estimate of drug-likeness (QED) is 0.241. The lowest BCUT2D eigenvalue weighted by Gasteiger charge is -2.31. The van der Waals surface area contributed by atoms with Gasteiger partial charge in [-0.05, 0) is 36.2 Å². The van der Waals surface area contributed by atoms with Crippen LogP contribution in [0.25, 0.3) is 5.76 Å². The van der Waals surface area contributed by atoms with Crippen LogP contribution in [0.15, 0.2) is 54.1 Å². The second-order valence-corrected chi connectivity index (χ2v) is 9.16. The van der Waals surface area contributed by atoms with Gasteiger partial charge in [-0.1, -0.05) is 49.2 Å². The van der Waals surface area contributed by atoms with Gasteiger partial charge in [-0.3, -0.25) is 14.5 Å². The third-order valence-corrected chi connectivity index (χ3v) is 6.61. The molecule has 0 spiro atoms. The van der Waals surface area contributed by atoms with Crippen LogP contribution in [0.3, 0.4) is 0 Å². The number of hydrogen-bond acceptors (Lipinski definition) is 6. The van der Waals surface area contributed by atoms with Gasteiger partial charge in [0.05, 0.1) is 31.4 Å². The Morgan fingerprint density at radius 2 is 1.86 bits per heavy atom. The van der Waals surface area contributed by atoms with Crippen molar-refractivity contribution in [2.45, 2.75) is 25.8 Å². The van der Waals surface area contributed by atoms with Crippen LogP contribution >= 0.6 is 11.6 Å². The second-order valence-electron chi connectivity index (χ2n) is 8.73. The summed E-state index contributed by atoms with van der Waals surface area (Å²) in [5, 5.41) is 11.8. The van der Waals surface area contributed by atoms with Crippen LogP contribution in [-0.2, 0) is 14.3 Å². The standard InChI is InChI=1S/C27H31ClN2O5/c1-2-3-15-35-22-6-4-5-20(18-22)25(31)23-24(19-7-9-21(28)10-8-19)30(27(33)26(23)32)12-11-29-13-16-34-17-14-29/h4-10,18,24,31H,2-3,11-17H2,1H3/b25-23+. The Balaban J connectivity index is 1.68. The summed E-state index contributed by atoms with van der Waals surface area (Å²) < 4.78 is 11.2. The zero-order valence-corrected chi connectivity index (χ0v) is 20.7. The van der Waals surface area contributed by atoms with Crippen LogP contribution in [0.2, 0.25) is 5.02 Å². The van der Waals surface area contributed by atoms with Gasteiger partial charge in [-0.2, -0.15) is 0 Å². The van der Waals surface area contributed by atoms with Gasteiger partial charge in [-0.15, -0.1) is 0 Å². The molecule has 2 aromatic rings. The number of carbonyl (C=O) groups is 2. The van der Waals surface area contributed by atoms with E-state index in [2.05, 4.69) is 11.8 Å². The number of likely N-dealkylation sites (tertiary alicyclic amines) is 1. The van der Waals surface area contributed by atoms with Crippen LogP contribution in [0.1, 0.15) is 36.9 Å². The summed E-state index contributed by atoms with van der Waals surface area (Å²) in [5.41, 5.74) is 1.22. The number of hydrogen-bond donors (Lipinski definition) is 1. The maximum absolute atomic E-state index is 13.2. The van der Waals surface area contributed by atoms with E-state index in [4.69, 9.17) is 21.1 Å². The van der Waals surface area contributed by atoms with Gasteiger partial charge in [0.2, 0.25) is 0 Å². The van der Waals surface area contributed by atoms with Gasteiger partial charge in [0.25, 0.3) is 11.7 Å². The minimum absolute atomic E-state index is 0.0741. The lowest BCUT2D eigenvalue weighted by molar-refractivity contribution is -0.140. The molecule has 2 fully saturated rings. The van der Waals surface area contributed by atoms with Crippen molar-refractivity contribution >= 4 is 29.1 Å². The van der Waals surface area contributed by atoms with Crippen LogP contribution < -0.4 is 4.74 Å². The minimum Gasteiger partial charge on any atom is -0.507 e. The third kappa shape index (κ3) is 5.86. The van der Waals surface area contributed by atoms with E-state index in [-0.39, 0.29) is 11.3 Å². The summed E-state index contributed by atoms with van der Waals surface area (Å²) in [7, 11) is 0. The first-order valence-electron chi connectivity index (χ1n) is 12.1. The summed E-state index contributed by atoms with van der Waals surface area (Å²) in [5.74, 6) is -0.915. The van der Waals surface area contributed by atoms with Crippen LogP contribution in [0, 0.1) is 0 Å². The SMILES string of the molecule is CCCCOc1cccc(/C(O)=C2\C(=O)C(=O)N(CCN3CCOCC3)C2c2ccc(Cl)cc2)c1. The Labute approximate surface area is 210 Å². The zero-order chi connectivity index (χ0) is 24.8. The first-order chi connectivity index (χ1) is 17.0. The molecule has 0 saturated carbocycles. The van der Waals surface area contributed by atoms with E-state index in [1.807, 2.05) is 6.07 Å². The van der Waals surface area contributed by atoms with Crippen LogP contribution in [-0.4, -0.2) is 72.6 Å². The highest BCUT2D eigenvalue weighted by molar-refractivity contribution is 6.46. The first kappa shape index (κ1) is 25.2. The molecule has 2 aromatic carbocycles. The zero-order valence-electron chi connectivity index (χ0n) is 19.9. The van der Waals surface area contributed by atoms with Crippen molar-refractivity contribution in [3.63, 3.8) is 0 Å². The molecule has 8 heteroatoms. The van der Waals surface area contributed by atoms with Gasteiger partial charge >= 0.3 is 0 Å². The molecule has 7 nitrogen and oxygen atoms in total. The summed E-state index contributed by atoms with van der Waals surface area (Å²) >= 11 is 6.10. The molecule has 186 valence electrons. The number of ketones is 1. The topological polar surface area (TPSA) is 79.3 Å². The largest absolute Gasteiger partial charge is 0.507 e. The lowest BCUT2D eigenvalue weighted by atomic mass is 9.95. The van der Waals surface area contributed by atoms with E-state index in [1.165, 1.54) is 0 Å². The molecule has 0 bridgehead atoms. The van der Waals surface area contributed by atoms with Crippen LogP contribution in [0.4, 0.5) is 0 Å². The average Bonchev–Trinajstić information content (AvgIpc) is 3.13. The maximum Gasteiger partial charge on any atom is 0.295 e. The van der Waals surface area contributed by atoms with Crippen molar-refractivity contribution in [2.24, 2.45) is 0 Å². The fourth-order valence-corrected chi connectivity index (χ4v) is 4.53. The molecule has 1 N–H and O–H groups in total. The Morgan fingerprint density at radius 1 is 1.11 bits per heavy atom. The van der Waals surface area contributed by atoms with E-state index in [0.29, 0.717) is 54.8 Å². The summed E-state index contributed by atoms with van der Waals surface area (Å²) in [6, 6.07) is 13.3. The normalized spacial score (nSPS) is 20.4. The highest BCUT2D eigenvalue weighted by Crippen LogP contribution is 2.40. The number of carbonyl (C=O) groups excluding carboxylic acids is 2. The van der Waals surface area contributed by atoms with Crippen molar-refractivity contribution in [3.8, 4) is 5.75 Å². The smallest absolute Gasteiger partial charge is 0.295 e. The number of aliphatic hydroxyl groups is 1. The fourth-order valence-electron chi connectivity index (χ4n) is 4.40. The molecule has 1 amide bonds. The monoisotopic (exact) mass is 498 g/mol. The highest BCUT2D eigenvalue weighted by atomic mass is 35.5. The van der Waals surface area contributed by atoms with Gasteiger partial charge in [0.1, 0.15) is 11.5 Å². The van der Waals surface area contributed by atoms with E-state index < -0.39 is 17.7 Å². The van der Waals surface area contributed by atoms with E-state index in [9.17, 15) is 14.7 Å². The number of morpholine rings is 1. The summed E-state index contributed by atoms with van der Waals surface area (Å²) in [4.78, 5) is 30.1. The van der Waals surface area contributed by atoms with Crippen molar-refractivity contribution < 1.29 is 24.2 Å². The predicted molar refractivity (Wildman–Crippen MR) is 135 cm³/mol. The van der Waals surface area contributed by atoms with E-state index in [0.717, 1.165) is 25.9 Å². The fraction of sp³-hybridized carbons (Fsp3) is 0.407. The number of rotatable bonds is 9. The summed E-state index contributed by atoms with van der Waals surface area (Å²) in [6.45, 7) is 6.47. The number of benzene rings is 2. The van der Waals surface area contributed by atoms with Gasteiger partial charge in [0.15, 0.2) is 0 Å². The molecule has 2 heterocycles. The Bertz CT molecular complexity index is 1080. The molecule has 35 heavy (non-hydrogen) atoms. The number of aliphatic hydroxyl groups excluding tert-OH is 1. The molecule has 0 aromatic heterocycles. The predicted octanol–water partition coefficient (Wildman–Crippen LogP) is 4.27. The Morgan fingerprint density at radius 3 is 2.57 bits per heavy atom. The molecular weight excluding hydrogens is 468 g/mol. The molecule has 1 atom stereocenters. The number of unbranched alkanes of at least 4 members (excludes halogenated alkanes) is 1. The van der Waals surface area contributed by atoms with Crippen molar-refractivity contribution in [1.82, 2.24) is 9.80 Å². The van der Waals surface area contributed by atoms with E-state index >= 15 is 0 Å². The number of Topliss-reactive ketones (excluding diaryl/α,β-unsaturated/α-hetero) is 1. The number of amides is 1. The van der Waals surface area contributed by atoms with Crippen LogP contribution in [0.5, 0.6) is 5.75 Å². The third-order valence-electron chi connectivity index (χ3n) is 6.36. The second kappa shape index (κ2) is 11.7. The maximum atomic E-state index is 13.2. The lowest BCUT2D eigenvalue weighted by Crippen LogP contribution is -2.42. The van der Waals surface area contributed by atoms with Crippen molar-refractivity contribution in [3.05, 3.63) is 70.3 Å². The molecule has 0 radical (unpaired) electrons. The van der Waals surface area contributed by atoms with Gasteiger partial charge in [0, 0.05) is 36.8 Å². The molecular formula is C27H31ClN2O5. The molecule has 1 unspecified atom stereocenters. The molecule has 0 aliphatic carbocycles. The number of nitrogens with zero attached hydrogens (tertiary/aromatic N) is 2. The van der Waals surface area contributed by atoms with Crippen molar-refractivity contribution in [1.29, 1.82) is 0 Å². The molecule has 2 aliphatic heterocycles. The molecule has 2 saturated heterocycles. The number of halogens is 1. The van der Waals surface area contributed by atoms with Crippen molar-refractivity contribution in [2.75, 3.05) is 46.0 Å².